The summed E-state index contributed by atoms with van der Waals surface area (Å²) in [7, 11) is 0. The number of pyridine rings is 1. The first-order chi connectivity index (χ1) is 6.27. The molecule has 0 aliphatic carbocycles. The molecule has 2 heterocycles. The number of fused-ring (bicyclic) bond motifs is 1. The van der Waals surface area contributed by atoms with Gasteiger partial charge in [0.2, 0.25) is 0 Å². The van der Waals surface area contributed by atoms with Gasteiger partial charge in [0.25, 0.3) is 0 Å². The summed E-state index contributed by atoms with van der Waals surface area (Å²) in [4.78, 5) is 14.5. The lowest BCUT2D eigenvalue weighted by Crippen LogP contribution is -2.04. The highest BCUT2D eigenvalue weighted by atomic mass is 16.5. The smallest absolute Gasteiger partial charge is 0.307 e. The molecule has 4 heteroatoms. The van der Waals surface area contributed by atoms with Gasteiger partial charge in [-0.3, -0.25) is 9.78 Å². The van der Waals surface area contributed by atoms with E-state index in [4.69, 9.17) is 9.84 Å². The third kappa shape index (κ3) is 1.53. The van der Waals surface area contributed by atoms with Crippen LogP contribution in [0, 0.1) is 0 Å². The fourth-order valence-corrected chi connectivity index (χ4v) is 1.47. The van der Waals surface area contributed by atoms with Crippen molar-refractivity contribution in [2.24, 2.45) is 0 Å². The molecule has 0 atom stereocenters. The zero-order valence-corrected chi connectivity index (χ0v) is 6.99. The van der Waals surface area contributed by atoms with Crippen molar-refractivity contribution in [3.63, 3.8) is 0 Å². The van der Waals surface area contributed by atoms with E-state index in [2.05, 4.69) is 4.98 Å². The Balaban J connectivity index is 2.36. The maximum Gasteiger partial charge on any atom is 0.307 e. The summed E-state index contributed by atoms with van der Waals surface area (Å²) in [5, 5.41) is 8.63. The number of ether oxygens (including phenoxy) is 1. The average Bonchev–Trinajstić information content (AvgIpc) is 2.51. The molecule has 0 radical (unpaired) electrons. The minimum atomic E-state index is -0.831. The molecule has 0 unspecified atom stereocenters. The molecule has 1 aliphatic heterocycles. The van der Waals surface area contributed by atoms with E-state index in [1.807, 2.05) is 0 Å². The van der Waals surface area contributed by atoms with Crippen LogP contribution in [-0.4, -0.2) is 16.1 Å². The van der Waals surface area contributed by atoms with Crippen molar-refractivity contribution in [1.82, 2.24) is 4.98 Å². The minimum Gasteiger partial charge on any atom is -0.481 e. The molecule has 0 fully saturated rings. The SMILES string of the molecule is O=C(O)Cc1cncc2c1COC2. The molecule has 1 aromatic heterocycles. The molecule has 0 amide bonds. The van der Waals surface area contributed by atoms with E-state index in [0.29, 0.717) is 13.2 Å². The highest BCUT2D eigenvalue weighted by Crippen LogP contribution is 2.22. The van der Waals surface area contributed by atoms with Crippen LogP contribution >= 0.6 is 0 Å². The van der Waals surface area contributed by atoms with E-state index in [-0.39, 0.29) is 6.42 Å². The van der Waals surface area contributed by atoms with Crippen LogP contribution in [0.15, 0.2) is 12.4 Å². The first-order valence-corrected chi connectivity index (χ1v) is 4.01. The highest BCUT2D eigenvalue weighted by molar-refractivity contribution is 5.70. The quantitative estimate of drug-likeness (QED) is 0.727. The standard InChI is InChI=1S/C9H9NO3/c11-9(12)1-6-2-10-3-7-4-13-5-8(6)7/h2-3H,1,4-5H2,(H,11,12). The van der Waals surface area contributed by atoms with E-state index in [9.17, 15) is 4.79 Å². The van der Waals surface area contributed by atoms with Crippen molar-refractivity contribution < 1.29 is 14.6 Å². The highest BCUT2D eigenvalue weighted by Gasteiger charge is 2.16. The lowest BCUT2D eigenvalue weighted by atomic mass is 10.1. The Morgan fingerprint density at radius 2 is 2.38 bits per heavy atom. The molecule has 68 valence electrons. The number of aromatic nitrogens is 1. The van der Waals surface area contributed by atoms with Crippen molar-refractivity contribution in [3.8, 4) is 0 Å². The van der Waals surface area contributed by atoms with Gasteiger partial charge in [0.1, 0.15) is 0 Å². The molecular weight excluding hydrogens is 170 g/mol. The van der Waals surface area contributed by atoms with Crippen LogP contribution in [-0.2, 0) is 29.2 Å². The summed E-state index contributed by atoms with van der Waals surface area (Å²) in [5.41, 5.74) is 2.78. The Bertz CT molecular complexity index is 349. The monoisotopic (exact) mass is 179 g/mol. The van der Waals surface area contributed by atoms with Gasteiger partial charge in [0, 0.05) is 18.0 Å². The van der Waals surface area contributed by atoms with E-state index in [1.54, 1.807) is 12.4 Å². The molecule has 4 nitrogen and oxygen atoms in total. The van der Waals surface area contributed by atoms with Gasteiger partial charge in [-0.15, -0.1) is 0 Å². The summed E-state index contributed by atoms with van der Waals surface area (Å²) in [6.07, 6.45) is 3.36. The van der Waals surface area contributed by atoms with E-state index >= 15 is 0 Å². The molecule has 0 saturated carbocycles. The van der Waals surface area contributed by atoms with Crippen LogP contribution in [0.5, 0.6) is 0 Å². The molecule has 0 aromatic carbocycles. The van der Waals surface area contributed by atoms with Crippen LogP contribution in [0.1, 0.15) is 16.7 Å². The second-order valence-corrected chi connectivity index (χ2v) is 3.00. The second-order valence-electron chi connectivity index (χ2n) is 3.00. The van der Waals surface area contributed by atoms with E-state index in [0.717, 1.165) is 16.7 Å². The Morgan fingerprint density at radius 3 is 3.15 bits per heavy atom. The molecule has 0 bridgehead atoms. The molecule has 2 rings (SSSR count). The maximum atomic E-state index is 10.5. The van der Waals surface area contributed by atoms with Gasteiger partial charge in [-0.25, -0.2) is 0 Å². The number of hydrogen-bond acceptors (Lipinski definition) is 3. The number of rotatable bonds is 2. The largest absolute Gasteiger partial charge is 0.481 e. The Morgan fingerprint density at radius 1 is 1.54 bits per heavy atom. The van der Waals surface area contributed by atoms with Gasteiger partial charge in [0.15, 0.2) is 0 Å². The van der Waals surface area contributed by atoms with Crippen molar-refractivity contribution in [2.75, 3.05) is 0 Å². The van der Waals surface area contributed by atoms with Gasteiger partial charge >= 0.3 is 5.97 Å². The van der Waals surface area contributed by atoms with Crippen LogP contribution in [0.4, 0.5) is 0 Å². The number of carboxylic acids is 1. The molecule has 1 N–H and O–H groups in total. The van der Waals surface area contributed by atoms with Crippen molar-refractivity contribution in [2.45, 2.75) is 19.6 Å². The Kier molecular flexibility index (Phi) is 1.98. The number of nitrogens with zero attached hydrogens (tertiary/aromatic N) is 1. The van der Waals surface area contributed by atoms with Gasteiger partial charge in [-0.1, -0.05) is 0 Å². The predicted octanol–water partition coefficient (Wildman–Crippen LogP) is 0.739. The summed E-state index contributed by atoms with van der Waals surface area (Å²) < 4.78 is 5.20. The first kappa shape index (κ1) is 8.19. The topological polar surface area (TPSA) is 59.4 Å². The van der Waals surface area contributed by atoms with Crippen LogP contribution in [0.25, 0.3) is 0 Å². The predicted molar refractivity (Wildman–Crippen MR) is 44.1 cm³/mol. The summed E-state index contributed by atoms with van der Waals surface area (Å²) in [6.45, 7) is 1.07. The van der Waals surface area contributed by atoms with Gasteiger partial charge < -0.3 is 9.84 Å². The van der Waals surface area contributed by atoms with Crippen molar-refractivity contribution >= 4 is 5.97 Å². The molecule has 1 aliphatic rings. The average molecular weight is 179 g/mol. The fourth-order valence-electron chi connectivity index (χ4n) is 1.47. The number of carbonyl (C=O) groups is 1. The summed E-state index contributed by atoms with van der Waals surface area (Å²) >= 11 is 0. The third-order valence-corrected chi connectivity index (χ3v) is 2.08. The summed E-state index contributed by atoms with van der Waals surface area (Å²) in [5.74, 6) is -0.831. The van der Waals surface area contributed by atoms with E-state index in [1.165, 1.54) is 0 Å². The van der Waals surface area contributed by atoms with Gasteiger partial charge in [-0.05, 0) is 11.1 Å². The lowest BCUT2D eigenvalue weighted by Gasteiger charge is -2.02. The first-order valence-electron chi connectivity index (χ1n) is 4.01. The Labute approximate surface area is 75.2 Å². The fraction of sp³-hybridized carbons (Fsp3) is 0.333. The minimum absolute atomic E-state index is 0.0273. The van der Waals surface area contributed by atoms with Crippen molar-refractivity contribution in [1.29, 1.82) is 0 Å². The number of hydrogen-bond donors (Lipinski definition) is 1. The lowest BCUT2D eigenvalue weighted by molar-refractivity contribution is -0.136. The third-order valence-electron chi connectivity index (χ3n) is 2.08. The van der Waals surface area contributed by atoms with Crippen molar-refractivity contribution in [3.05, 3.63) is 29.1 Å². The molecule has 0 saturated heterocycles. The zero-order chi connectivity index (χ0) is 9.26. The molecular formula is C9H9NO3. The van der Waals surface area contributed by atoms with Crippen LogP contribution in [0.3, 0.4) is 0 Å². The number of carboxylic acid groups (broad SMARTS) is 1. The second kappa shape index (κ2) is 3.14. The molecule has 1 aromatic rings. The van der Waals surface area contributed by atoms with E-state index < -0.39 is 5.97 Å². The van der Waals surface area contributed by atoms with Crippen LogP contribution in [0.2, 0.25) is 0 Å². The van der Waals surface area contributed by atoms with Crippen LogP contribution < -0.4 is 0 Å². The zero-order valence-electron chi connectivity index (χ0n) is 6.99. The maximum absolute atomic E-state index is 10.5. The van der Waals surface area contributed by atoms with Gasteiger partial charge in [-0.2, -0.15) is 0 Å². The Hall–Kier alpha value is -1.42. The summed E-state index contributed by atoms with van der Waals surface area (Å²) in [6, 6.07) is 0. The number of aliphatic carboxylic acids is 1. The molecule has 0 spiro atoms. The molecule has 13 heavy (non-hydrogen) atoms. The van der Waals surface area contributed by atoms with Gasteiger partial charge in [0.05, 0.1) is 19.6 Å². The normalized spacial score (nSPS) is 14.2.